The van der Waals surface area contributed by atoms with Gasteiger partial charge in [0.1, 0.15) is 0 Å². The molecular weight excluding hydrogens is 268 g/mol. The van der Waals surface area contributed by atoms with Crippen molar-refractivity contribution >= 4 is 17.2 Å². The van der Waals surface area contributed by atoms with Gasteiger partial charge in [-0.1, -0.05) is 0 Å². The molecule has 0 saturated heterocycles. The number of carbonyl (C=O) groups excluding carboxylic acids is 1. The fourth-order valence-electron chi connectivity index (χ4n) is 2.13. The SMILES string of the molecule is Cc1cc(C(C)NC(=O)c2ccc(C#N)cc2)c(C)s1. The molecule has 0 aliphatic carbocycles. The number of nitrogens with zero attached hydrogens (tertiary/aromatic N) is 1. The Morgan fingerprint density at radius 3 is 2.45 bits per heavy atom. The third-order valence-electron chi connectivity index (χ3n) is 3.17. The number of thiophene rings is 1. The third-order valence-corrected chi connectivity index (χ3v) is 4.15. The topological polar surface area (TPSA) is 52.9 Å². The van der Waals surface area contributed by atoms with Crippen LogP contribution in [-0.4, -0.2) is 5.91 Å². The number of aryl methyl sites for hydroxylation is 2. The fourth-order valence-corrected chi connectivity index (χ4v) is 3.16. The molecule has 0 spiro atoms. The first-order chi connectivity index (χ1) is 9.51. The van der Waals surface area contributed by atoms with Gasteiger partial charge >= 0.3 is 0 Å². The molecule has 20 heavy (non-hydrogen) atoms. The van der Waals surface area contributed by atoms with Crippen molar-refractivity contribution in [2.75, 3.05) is 0 Å². The second kappa shape index (κ2) is 5.89. The van der Waals surface area contributed by atoms with Gasteiger partial charge in [-0.2, -0.15) is 5.26 Å². The van der Waals surface area contributed by atoms with E-state index >= 15 is 0 Å². The Morgan fingerprint density at radius 1 is 1.30 bits per heavy atom. The molecule has 2 aromatic rings. The minimum atomic E-state index is -0.120. The summed E-state index contributed by atoms with van der Waals surface area (Å²) in [6.45, 7) is 6.11. The molecule has 1 aromatic heterocycles. The van der Waals surface area contributed by atoms with Gasteiger partial charge in [-0.05, 0) is 56.7 Å². The number of benzene rings is 1. The summed E-state index contributed by atoms with van der Waals surface area (Å²) < 4.78 is 0. The molecule has 0 saturated carbocycles. The first kappa shape index (κ1) is 14.3. The predicted molar refractivity (Wildman–Crippen MR) is 80.8 cm³/mol. The van der Waals surface area contributed by atoms with E-state index in [4.69, 9.17) is 5.26 Å². The Labute approximate surface area is 122 Å². The molecule has 0 aliphatic rings. The molecule has 0 fully saturated rings. The van der Waals surface area contributed by atoms with Crippen LogP contribution in [0.2, 0.25) is 0 Å². The summed E-state index contributed by atoms with van der Waals surface area (Å²) in [6.07, 6.45) is 0. The smallest absolute Gasteiger partial charge is 0.251 e. The molecule has 1 amide bonds. The van der Waals surface area contributed by atoms with Gasteiger partial charge in [-0.25, -0.2) is 0 Å². The van der Waals surface area contributed by atoms with Crippen molar-refractivity contribution in [1.29, 1.82) is 5.26 Å². The Balaban J connectivity index is 2.11. The van der Waals surface area contributed by atoms with Crippen LogP contribution in [0.5, 0.6) is 0 Å². The highest BCUT2D eigenvalue weighted by Crippen LogP contribution is 2.26. The Morgan fingerprint density at radius 2 is 1.95 bits per heavy atom. The summed E-state index contributed by atoms with van der Waals surface area (Å²) in [5.41, 5.74) is 2.29. The molecule has 4 heteroatoms. The van der Waals surface area contributed by atoms with E-state index in [9.17, 15) is 4.79 Å². The van der Waals surface area contributed by atoms with Crippen molar-refractivity contribution in [3.05, 3.63) is 56.8 Å². The van der Waals surface area contributed by atoms with Crippen LogP contribution >= 0.6 is 11.3 Å². The summed E-state index contributed by atoms with van der Waals surface area (Å²) in [5.74, 6) is -0.120. The minimum Gasteiger partial charge on any atom is -0.345 e. The summed E-state index contributed by atoms with van der Waals surface area (Å²) in [7, 11) is 0. The van der Waals surface area contributed by atoms with Crippen molar-refractivity contribution in [3.8, 4) is 6.07 Å². The normalized spacial score (nSPS) is 11.7. The van der Waals surface area contributed by atoms with Gasteiger partial charge in [0, 0.05) is 15.3 Å². The molecule has 1 heterocycles. The number of carbonyl (C=O) groups is 1. The van der Waals surface area contributed by atoms with Gasteiger partial charge in [0.2, 0.25) is 0 Å². The van der Waals surface area contributed by atoms with Gasteiger partial charge in [0.15, 0.2) is 0 Å². The fraction of sp³-hybridized carbons (Fsp3) is 0.250. The lowest BCUT2D eigenvalue weighted by atomic mass is 10.1. The lowest BCUT2D eigenvalue weighted by molar-refractivity contribution is 0.0940. The molecule has 0 radical (unpaired) electrons. The summed E-state index contributed by atoms with van der Waals surface area (Å²) in [4.78, 5) is 14.6. The second-order valence-corrected chi connectivity index (χ2v) is 6.21. The quantitative estimate of drug-likeness (QED) is 0.933. The predicted octanol–water partition coefficient (Wildman–Crippen LogP) is 3.73. The van der Waals surface area contributed by atoms with Crippen molar-refractivity contribution in [1.82, 2.24) is 5.32 Å². The largest absolute Gasteiger partial charge is 0.345 e. The maximum Gasteiger partial charge on any atom is 0.251 e. The molecule has 0 bridgehead atoms. The molecule has 3 nitrogen and oxygen atoms in total. The maximum atomic E-state index is 12.2. The van der Waals surface area contributed by atoms with Crippen LogP contribution < -0.4 is 5.32 Å². The zero-order valence-electron chi connectivity index (χ0n) is 11.7. The molecular formula is C16H16N2OS. The zero-order valence-corrected chi connectivity index (χ0v) is 12.5. The van der Waals surface area contributed by atoms with Crippen LogP contribution in [0.15, 0.2) is 30.3 Å². The number of amides is 1. The minimum absolute atomic E-state index is 0.0249. The number of rotatable bonds is 3. The van der Waals surface area contributed by atoms with Gasteiger partial charge in [-0.15, -0.1) is 11.3 Å². The summed E-state index contributed by atoms with van der Waals surface area (Å²) >= 11 is 1.74. The Hall–Kier alpha value is -2.12. The monoisotopic (exact) mass is 284 g/mol. The molecule has 1 aromatic carbocycles. The maximum absolute atomic E-state index is 12.2. The van der Waals surface area contributed by atoms with Crippen LogP contribution in [0.25, 0.3) is 0 Å². The average molecular weight is 284 g/mol. The number of nitriles is 1. The highest BCUT2D eigenvalue weighted by molar-refractivity contribution is 7.12. The van der Waals surface area contributed by atoms with Crippen LogP contribution in [-0.2, 0) is 0 Å². The van der Waals surface area contributed by atoms with Crippen LogP contribution in [0.3, 0.4) is 0 Å². The highest BCUT2D eigenvalue weighted by atomic mass is 32.1. The van der Waals surface area contributed by atoms with Gasteiger partial charge in [0.25, 0.3) is 5.91 Å². The van der Waals surface area contributed by atoms with Crippen molar-refractivity contribution in [2.45, 2.75) is 26.8 Å². The lowest BCUT2D eigenvalue weighted by Crippen LogP contribution is -2.26. The number of nitrogens with one attached hydrogen (secondary N) is 1. The number of hydrogen-bond donors (Lipinski definition) is 1. The van der Waals surface area contributed by atoms with E-state index in [2.05, 4.69) is 25.2 Å². The molecule has 0 aliphatic heterocycles. The summed E-state index contributed by atoms with van der Waals surface area (Å²) in [5, 5.41) is 11.7. The van der Waals surface area contributed by atoms with E-state index in [1.54, 1.807) is 35.6 Å². The second-order valence-electron chi connectivity index (χ2n) is 4.75. The van der Waals surface area contributed by atoms with Crippen molar-refractivity contribution in [3.63, 3.8) is 0 Å². The van der Waals surface area contributed by atoms with E-state index in [0.29, 0.717) is 11.1 Å². The van der Waals surface area contributed by atoms with Crippen LogP contribution in [0.4, 0.5) is 0 Å². The molecule has 1 unspecified atom stereocenters. The standard InChI is InChI=1S/C16H16N2OS/c1-10-8-15(12(3)20-10)11(2)18-16(19)14-6-4-13(9-17)5-7-14/h4-8,11H,1-3H3,(H,18,19). The molecule has 1 N–H and O–H groups in total. The van der Waals surface area contributed by atoms with E-state index in [-0.39, 0.29) is 11.9 Å². The van der Waals surface area contributed by atoms with Crippen molar-refractivity contribution < 1.29 is 4.79 Å². The lowest BCUT2D eigenvalue weighted by Gasteiger charge is -2.14. The summed E-state index contributed by atoms with van der Waals surface area (Å²) in [6, 6.07) is 10.8. The average Bonchev–Trinajstić information content (AvgIpc) is 2.78. The zero-order chi connectivity index (χ0) is 14.7. The van der Waals surface area contributed by atoms with E-state index in [1.165, 1.54) is 9.75 Å². The first-order valence-electron chi connectivity index (χ1n) is 6.39. The van der Waals surface area contributed by atoms with E-state index in [1.807, 2.05) is 13.0 Å². The van der Waals surface area contributed by atoms with Gasteiger partial charge < -0.3 is 5.32 Å². The Kier molecular flexibility index (Phi) is 4.21. The molecule has 1 atom stereocenters. The molecule has 2 rings (SSSR count). The van der Waals surface area contributed by atoms with Gasteiger partial charge in [-0.3, -0.25) is 4.79 Å². The van der Waals surface area contributed by atoms with E-state index < -0.39 is 0 Å². The van der Waals surface area contributed by atoms with Crippen LogP contribution in [0, 0.1) is 25.2 Å². The Bertz CT molecular complexity index is 665. The highest BCUT2D eigenvalue weighted by Gasteiger charge is 2.14. The number of hydrogen-bond acceptors (Lipinski definition) is 3. The first-order valence-corrected chi connectivity index (χ1v) is 7.21. The van der Waals surface area contributed by atoms with Gasteiger partial charge in [0.05, 0.1) is 17.7 Å². The molecule has 102 valence electrons. The van der Waals surface area contributed by atoms with Crippen LogP contribution in [0.1, 0.15) is 44.2 Å². The van der Waals surface area contributed by atoms with Crippen molar-refractivity contribution in [2.24, 2.45) is 0 Å². The van der Waals surface area contributed by atoms with E-state index in [0.717, 1.165) is 5.56 Å². The third kappa shape index (κ3) is 3.06.